The van der Waals surface area contributed by atoms with Crippen LogP contribution in [0.25, 0.3) is 5.69 Å². The van der Waals surface area contributed by atoms with Crippen LogP contribution in [0.15, 0.2) is 30.3 Å². The van der Waals surface area contributed by atoms with Gasteiger partial charge < -0.3 is 14.6 Å². The standard InChI is InChI=1S/C19H22N2O2S/c1-13-12-17(18(24)20-10-4-3-5-11-20)14(2)21(13)16-8-6-15(7-9-16)19(22)23/h6-9,12H,3-5,10-11H2,1-2H3,(H,22,23). The quantitative estimate of drug-likeness (QED) is 0.858. The molecule has 3 rings (SSSR count). The van der Waals surface area contributed by atoms with Gasteiger partial charge in [-0.05, 0) is 63.4 Å². The second-order valence-corrected chi connectivity index (χ2v) is 6.71. The Balaban J connectivity index is 1.94. The minimum atomic E-state index is -0.908. The van der Waals surface area contributed by atoms with Crippen molar-refractivity contribution in [2.45, 2.75) is 33.1 Å². The highest BCUT2D eigenvalue weighted by Crippen LogP contribution is 2.24. The summed E-state index contributed by atoms with van der Waals surface area (Å²) in [6.45, 7) is 6.20. The molecule has 0 amide bonds. The SMILES string of the molecule is Cc1cc(C(=S)N2CCCCC2)c(C)n1-c1ccc(C(=O)O)cc1. The summed E-state index contributed by atoms with van der Waals surface area (Å²) < 4.78 is 2.14. The lowest BCUT2D eigenvalue weighted by Gasteiger charge is -2.29. The van der Waals surface area contributed by atoms with Crippen molar-refractivity contribution in [1.82, 2.24) is 9.47 Å². The minimum absolute atomic E-state index is 0.297. The Hall–Kier alpha value is -2.14. The fourth-order valence-electron chi connectivity index (χ4n) is 3.40. The lowest BCUT2D eigenvalue weighted by atomic mass is 10.1. The Kier molecular flexibility index (Phi) is 4.71. The number of rotatable bonds is 3. The van der Waals surface area contributed by atoms with Crippen molar-refractivity contribution in [2.24, 2.45) is 0 Å². The summed E-state index contributed by atoms with van der Waals surface area (Å²) in [4.78, 5) is 14.3. The number of thiocarbonyl (C=S) groups is 1. The van der Waals surface area contributed by atoms with Crippen molar-refractivity contribution in [3.63, 3.8) is 0 Å². The summed E-state index contributed by atoms with van der Waals surface area (Å²) in [6.07, 6.45) is 3.69. The van der Waals surface area contributed by atoms with Crippen molar-refractivity contribution in [1.29, 1.82) is 0 Å². The molecule has 24 heavy (non-hydrogen) atoms. The molecule has 126 valence electrons. The van der Waals surface area contributed by atoms with Crippen LogP contribution >= 0.6 is 12.2 Å². The summed E-state index contributed by atoms with van der Waals surface area (Å²) in [5, 5.41) is 9.05. The zero-order valence-corrected chi connectivity index (χ0v) is 14.9. The summed E-state index contributed by atoms with van der Waals surface area (Å²) in [5.74, 6) is -0.908. The predicted octanol–water partition coefficient (Wildman–Crippen LogP) is 3.95. The number of carboxylic acids is 1. The Labute approximate surface area is 147 Å². The van der Waals surface area contributed by atoms with Crippen LogP contribution in [0.1, 0.15) is 46.6 Å². The molecule has 1 aliphatic heterocycles. The monoisotopic (exact) mass is 342 g/mol. The van der Waals surface area contributed by atoms with Crippen molar-refractivity contribution in [3.05, 3.63) is 52.8 Å². The van der Waals surface area contributed by atoms with Gasteiger partial charge in [0.05, 0.1) is 5.56 Å². The molecule has 0 aliphatic carbocycles. The first-order chi connectivity index (χ1) is 11.5. The molecule has 0 radical (unpaired) electrons. The fraction of sp³-hybridized carbons (Fsp3) is 0.368. The van der Waals surface area contributed by atoms with Gasteiger partial charge in [-0.1, -0.05) is 12.2 Å². The number of aromatic carboxylic acids is 1. The molecule has 0 unspecified atom stereocenters. The highest BCUT2D eigenvalue weighted by Gasteiger charge is 2.20. The van der Waals surface area contributed by atoms with E-state index in [1.54, 1.807) is 12.1 Å². The fourth-order valence-corrected chi connectivity index (χ4v) is 3.79. The number of aromatic nitrogens is 1. The van der Waals surface area contributed by atoms with Gasteiger partial charge in [-0.2, -0.15) is 0 Å². The van der Waals surface area contributed by atoms with Gasteiger partial charge in [0, 0.05) is 35.7 Å². The second-order valence-electron chi connectivity index (χ2n) is 6.33. The average Bonchev–Trinajstić information content (AvgIpc) is 2.89. The predicted molar refractivity (Wildman–Crippen MR) is 99.3 cm³/mol. The van der Waals surface area contributed by atoms with Gasteiger partial charge >= 0.3 is 5.97 Å². The van der Waals surface area contributed by atoms with Gasteiger partial charge in [0.2, 0.25) is 0 Å². The highest BCUT2D eigenvalue weighted by molar-refractivity contribution is 7.80. The third kappa shape index (κ3) is 3.08. The molecule has 1 aliphatic rings. The lowest BCUT2D eigenvalue weighted by Crippen LogP contribution is -2.35. The molecule has 1 saturated heterocycles. The topological polar surface area (TPSA) is 45.5 Å². The van der Waals surface area contributed by atoms with Crippen LogP contribution in [0, 0.1) is 13.8 Å². The van der Waals surface area contributed by atoms with E-state index in [0.29, 0.717) is 5.56 Å². The number of carbonyl (C=O) groups is 1. The Morgan fingerprint density at radius 3 is 2.29 bits per heavy atom. The van der Waals surface area contributed by atoms with E-state index < -0.39 is 5.97 Å². The summed E-state index contributed by atoms with van der Waals surface area (Å²) in [6, 6.07) is 9.10. The average molecular weight is 342 g/mol. The molecule has 2 aromatic rings. The van der Waals surface area contributed by atoms with E-state index in [9.17, 15) is 4.79 Å². The van der Waals surface area contributed by atoms with Gasteiger partial charge in [0.15, 0.2) is 0 Å². The maximum Gasteiger partial charge on any atom is 0.335 e. The molecular formula is C19H22N2O2S. The number of nitrogens with zero attached hydrogens (tertiary/aromatic N) is 2. The number of piperidine rings is 1. The Morgan fingerprint density at radius 1 is 1.08 bits per heavy atom. The van der Waals surface area contributed by atoms with Gasteiger partial charge in [0.25, 0.3) is 0 Å². The number of likely N-dealkylation sites (tertiary alicyclic amines) is 1. The third-order valence-electron chi connectivity index (χ3n) is 4.68. The summed E-state index contributed by atoms with van der Waals surface area (Å²) in [7, 11) is 0. The zero-order chi connectivity index (χ0) is 17.3. The maximum atomic E-state index is 11.0. The van der Waals surface area contributed by atoms with Crippen LogP contribution in [0.3, 0.4) is 0 Å². The molecule has 0 bridgehead atoms. The third-order valence-corrected chi connectivity index (χ3v) is 5.16. The van der Waals surface area contributed by atoms with Crippen molar-refractivity contribution in [3.8, 4) is 5.69 Å². The van der Waals surface area contributed by atoms with Crippen molar-refractivity contribution < 1.29 is 9.90 Å². The maximum absolute atomic E-state index is 11.0. The molecule has 1 fully saturated rings. The number of hydrogen-bond acceptors (Lipinski definition) is 2. The van der Waals surface area contributed by atoms with E-state index in [4.69, 9.17) is 17.3 Å². The van der Waals surface area contributed by atoms with Gasteiger partial charge in [0.1, 0.15) is 4.99 Å². The lowest BCUT2D eigenvalue weighted by molar-refractivity contribution is 0.0697. The van der Waals surface area contributed by atoms with Crippen LogP contribution in [0.4, 0.5) is 0 Å². The van der Waals surface area contributed by atoms with Gasteiger partial charge in [-0.25, -0.2) is 4.79 Å². The molecule has 1 aromatic heterocycles. The van der Waals surface area contributed by atoms with Crippen LogP contribution in [-0.2, 0) is 0 Å². The van der Waals surface area contributed by atoms with E-state index in [0.717, 1.165) is 40.7 Å². The first-order valence-electron chi connectivity index (χ1n) is 8.31. The van der Waals surface area contributed by atoms with Crippen LogP contribution in [-0.4, -0.2) is 38.6 Å². The largest absolute Gasteiger partial charge is 0.478 e. The number of carboxylic acid groups (broad SMARTS) is 1. The molecule has 0 saturated carbocycles. The van der Waals surface area contributed by atoms with E-state index in [2.05, 4.69) is 29.4 Å². The minimum Gasteiger partial charge on any atom is -0.478 e. The molecule has 0 spiro atoms. The van der Waals surface area contributed by atoms with Crippen molar-refractivity contribution in [2.75, 3.05) is 13.1 Å². The van der Waals surface area contributed by atoms with Crippen LogP contribution in [0.2, 0.25) is 0 Å². The highest BCUT2D eigenvalue weighted by atomic mass is 32.1. The number of hydrogen-bond donors (Lipinski definition) is 1. The van der Waals surface area contributed by atoms with Crippen LogP contribution < -0.4 is 0 Å². The van der Waals surface area contributed by atoms with Crippen LogP contribution in [0.5, 0.6) is 0 Å². The summed E-state index contributed by atoms with van der Waals surface area (Å²) in [5.41, 5.74) is 4.57. The van der Waals surface area contributed by atoms with Crippen molar-refractivity contribution >= 4 is 23.2 Å². The Morgan fingerprint density at radius 2 is 1.71 bits per heavy atom. The van der Waals surface area contributed by atoms with E-state index >= 15 is 0 Å². The zero-order valence-electron chi connectivity index (χ0n) is 14.1. The second kappa shape index (κ2) is 6.77. The first-order valence-corrected chi connectivity index (χ1v) is 8.72. The summed E-state index contributed by atoms with van der Waals surface area (Å²) >= 11 is 5.74. The molecular weight excluding hydrogens is 320 g/mol. The van der Waals surface area contributed by atoms with Gasteiger partial charge in [-0.3, -0.25) is 0 Å². The normalized spacial score (nSPS) is 14.7. The molecule has 2 heterocycles. The molecule has 1 N–H and O–H groups in total. The first kappa shape index (κ1) is 16.7. The van der Waals surface area contributed by atoms with Gasteiger partial charge in [-0.15, -0.1) is 0 Å². The molecule has 1 aromatic carbocycles. The Bertz CT molecular complexity index is 771. The van der Waals surface area contributed by atoms with E-state index in [1.165, 1.54) is 19.3 Å². The molecule has 0 atom stereocenters. The van der Waals surface area contributed by atoms with E-state index in [1.807, 2.05) is 12.1 Å². The number of aryl methyl sites for hydroxylation is 1. The smallest absolute Gasteiger partial charge is 0.335 e. The molecule has 5 heteroatoms. The number of benzene rings is 1. The molecule has 4 nitrogen and oxygen atoms in total. The van der Waals surface area contributed by atoms with E-state index in [-0.39, 0.29) is 0 Å².